The molecule has 5 heteroatoms. The third-order valence-corrected chi connectivity index (χ3v) is 6.51. The van der Waals surface area contributed by atoms with E-state index in [4.69, 9.17) is 4.74 Å². The van der Waals surface area contributed by atoms with Gasteiger partial charge in [-0.1, -0.05) is 54.6 Å². The first-order valence-electron chi connectivity index (χ1n) is 11.4. The second-order valence-corrected chi connectivity index (χ2v) is 8.63. The summed E-state index contributed by atoms with van der Waals surface area (Å²) in [6.45, 7) is 12.2. The fourth-order valence-electron chi connectivity index (χ4n) is 4.67. The molecule has 0 radical (unpaired) electrons. The quantitative estimate of drug-likeness (QED) is 0.610. The van der Waals surface area contributed by atoms with Crippen LogP contribution in [-0.2, 0) is 11.3 Å². The third-order valence-electron chi connectivity index (χ3n) is 6.51. The Kier molecular flexibility index (Phi) is 6.66. The van der Waals surface area contributed by atoms with E-state index in [1.165, 1.54) is 16.8 Å². The Labute approximate surface area is 191 Å². The van der Waals surface area contributed by atoms with Crippen molar-refractivity contribution >= 4 is 11.6 Å². The van der Waals surface area contributed by atoms with E-state index >= 15 is 0 Å². The number of amides is 1. The van der Waals surface area contributed by atoms with Crippen molar-refractivity contribution in [1.82, 2.24) is 9.88 Å². The van der Waals surface area contributed by atoms with Gasteiger partial charge in [-0.05, 0) is 44.4 Å². The van der Waals surface area contributed by atoms with Gasteiger partial charge in [0.2, 0.25) is 0 Å². The molecule has 1 aliphatic heterocycles. The highest BCUT2D eigenvalue weighted by molar-refractivity contribution is 5.97. The van der Waals surface area contributed by atoms with E-state index < -0.39 is 0 Å². The van der Waals surface area contributed by atoms with E-state index in [1.807, 2.05) is 25.1 Å². The van der Waals surface area contributed by atoms with Crippen LogP contribution in [0.5, 0.6) is 0 Å². The predicted molar refractivity (Wildman–Crippen MR) is 130 cm³/mol. The summed E-state index contributed by atoms with van der Waals surface area (Å²) in [5, 5.41) is 3.23. The summed E-state index contributed by atoms with van der Waals surface area (Å²) in [7, 11) is 0. The number of rotatable bonds is 6. The summed E-state index contributed by atoms with van der Waals surface area (Å²) >= 11 is 0. The molecular weight excluding hydrogens is 398 g/mol. The van der Waals surface area contributed by atoms with Crippen LogP contribution in [0.2, 0.25) is 0 Å². The Balaban J connectivity index is 1.73. The highest BCUT2D eigenvalue weighted by atomic mass is 16.5. The maximum Gasteiger partial charge on any atom is 0.268 e. The lowest BCUT2D eigenvalue weighted by Crippen LogP contribution is -2.36. The Morgan fingerprint density at radius 2 is 1.66 bits per heavy atom. The molecule has 3 aromatic rings. The van der Waals surface area contributed by atoms with Gasteiger partial charge >= 0.3 is 0 Å². The number of hydrogen-bond donors (Lipinski definition) is 1. The van der Waals surface area contributed by atoms with Crippen molar-refractivity contribution < 1.29 is 9.53 Å². The Morgan fingerprint density at radius 3 is 2.34 bits per heavy atom. The van der Waals surface area contributed by atoms with Crippen LogP contribution in [0, 0.1) is 20.8 Å². The number of morpholine rings is 1. The third kappa shape index (κ3) is 4.44. The van der Waals surface area contributed by atoms with Crippen LogP contribution >= 0.6 is 0 Å². The average Bonchev–Trinajstić information content (AvgIpc) is 3.05. The molecule has 2 heterocycles. The van der Waals surface area contributed by atoms with Gasteiger partial charge in [0.15, 0.2) is 0 Å². The summed E-state index contributed by atoms with van der Waals surface area (Å²) in [5.74, 6) is -0.0324. The van der Waals surface area contributed by atoms with Crippen LogP contribution in [0.15, 0.2) is 54.6 Å². The lowest BCUT2D eigenvalue weighted by atomic mass is 10.1. The number of hydrogen-bond acceptors (Lipinski definition) is 3. The number of aromatic nitrogens is 1. The van der Waals surface area contributed by atoms with Crippen LogP contribution in [0.25, 0.3) is 0 Å². The number of benzene rings is 2. The molecule has 0 spiro atoms. The topological polar surface area (TPSA) is 46.5 Å². The Hall–Kier alpha value is -3.05. The molecule has 0 bridgehead atoms. The number of anilines is 1. The molecule has 1 aliphatic rings. The van der Waals surface area contributed by atoms with Crippen molar-refractivity contribution in [2.75, 3.05) is 31.2 Å². The molecule has 2 aromatic carbocycles. The Morgan fingerprint density at radius 1 is 1.00 bits per heavy atom. The second kappa shape index (κ2) is 9.61. The largest absolute Gasteiger partial charge is 0.378 e. The average molecular weight is 432 g/mol. The number of carbonyl (C=O) groups is 1. The van der Waals surface area contributed by atoms with Gasteiger partial charge in [0.25, 0.3) is 5.91 Å². The Bertz CT molecular complexity index is 1080. The monoisotopic (exact) mass is 431 g/mol. The van der Waals surface area contributed by atoms with Gasteiger partial charge < -0.3 is 19.5 Å². The molecule has 1 fully saturated rings. The normalized spacial score (nSPS) is 14.9. The number of carbonyl (C=O) groups excluding carboxylic acids is 1. The molecule has 1 aromatic heterocycles. The summed E-state index contributed by atoms with van der Waals surface area (Å²) in [4.78, 5) is 16.0. The lowest BCUT2D eigenvalue weighted by Gasteiger charge is -2.29. The molecule has 0 aliphatic carbocycles. The van der Waals surface area contributed by atoms with Gasteiger partial charge in [-0.3, -0.25) is 4.79 Å². The highest BCUT2D eigenvalue weighted by Crippen LogP contribution is 2.33. The van der Waals surface area contributed by atoms with E-state index in [1.54, 1.807) is 0 Å². The SMILES string of the molecule is Cc1ccccc1Cn1c(C)c(N2CCOCC2)c(C)c1C(=O)N[C@H](C)c1ccccc1. The first-order valence-corrected chi connectivity index (χ1v) is 11.4. The molecule has 0 unspecified atom stereocenters. The van der Waals surface area contributed by atoms with Crippen molar-refractivity contribution in [3.8, 4) is 0 Å². The lowest BCUT2D eigenvalue weighted by molar-refractivity contribution is 0.0930. The molecule has 5 nitrogen and oxygen atoms in total. The summed E-state index contributed by atoms with van der Waals surface area (Å²) in [6.07, 6.45) is 0. The molecule has 4 rings (SSSR count). The second-order valence-electron chi connectivity index (χ2n) is 8.63. The van der Waals surface area contributed by atoms with Crippen LogP contribution in [0.4, 0.5) is 5.69 Å². The van der Waals surface area contributed by atoms with Crippen LogP contribution in [-0.4, -0.2) is 36.8 Å². The number of nitrogens with one attached hydrogen (secondary N) is 1. The zero-order chi connectivity index (χ0) is 22.7. The zero-order valence-corrected chi connectivity index (χ0v) is 19.5. The van der Waals surface area contributed by atoms with E-state index in [0.717, 1.165) is 35.6 Å². The first kappa shape index (κ1) is 22.2. The molecule has 1 saturated heterocycles. The van der Waals surface area contributed by atoms with Gasteiger partial charge in [-0.15, -0.1) is 0 Å². The smallest absolute Gasteiger partial charge is 0.268 e. The van der Waals surface area contributed by atoms with Crippen LogP contribution in [0.1, 0.15) is 51.4 Å². The van der Waals surface area contributed by atoms with Gasteiger partial charge in [0.1, 0.15) is 5.69 Å². The zero-order valence-electron chi connectivity index (χ0n) is 19.5. The number of ether oxygens (including phenoxy) is 1. The maximum atomic E-state index is 13.6. The number of nitrogens with zero attached hydrogens (tertiary/aromatic N) is 2. The van der Waals surface area contributed by atoms with Crippen molar-refractivity contribution in [1.29, 1.82) is 0 Å². The highest BCUT2D eigenvalue weighted by Gasteiger charge is 2.27. The fraction of sp³-hybridized carbons (Fsp3) is 0.370. The minimum absolute atomic E-state index is 0.0324. The van der Waals surface area contributed by atoms with Crippen molar-refractivity contribution in [3.05, 3.63) is 88.2 Å². The first-order chi connectivity index (χ1) is 15.5. The molecular formula is C27H33N3O2. The molecule has 1 N–H and O–H groups in total. The molecule has 1 atom stereocenters. The maximum absolute atomic E-state index is 13.6. The number of aryl methyl sites for hydroxylation is 1. The van der Waals surface area contributed by atoms with E-state index in [9.17, 15) is 4.79 Å². The van der Waals surface area contributed by atoms with E-state index in [2.05, 4.69) is 72.0 Å². The standard InChI is InChI=1S/C27H33N3O2/c1-19-10-8-9-13-24(19)18-30-22(4)25(29-14-16-32-17-15-29)20(2)26(30)27(31)28-21(3)23-11-6-5-7-12-23/h5-13,21H,14-18H2,1-4H3,(H,28,31)/t21-/m1/s1. The van der Waals surface area contributed by atoms with E-state index in [0.29, 0.717) is 19.8 Å². The van der Waals surface area contributed by atoms with Gasteiger partial charge in [-0.2, -0.15) is 0 Å². The van der Waals surface area contributed by atoms with Crippen LogP contribution < -0.4 is 10.2 Å². The molecule has 168 valence electrons. The van der Waals surface area contributed by atoms with Gasteiger partial charge in [0, 0.05) is 30.9 Å². The molecule has 0 saturated carbocycles. The molecule has 32 heavy (non-hydrogen) atoms. The summed E-state index contributed by atoms with van der Waals surface area (Å²) < 4.78 is 7.76. The minimum atomic E-state index is -0.0722. The molecule has 1 amide bonds. The summed E-state index contributed by atoms with van der Waals surface area (Å²) in [6, 6.07) is 18.4. The van der Waals surface area contributed by atoms with Gasteiger partial charge in [-0.25, -0.2) is 0 Å². The van der Waals surface area contributed by atoms with Crippen molar-refractivity contribution in [2.24, 2.45) is 0 Å². The van der Waals surface area contributed by atoms with E-state index in [-0.39, 0.29) is 11.9 Å². The fourth-order valence-corrected chi connectivity index (χ4v) is 4.67. The van der Waals surface area contributed by atoms with Crippen LogP contribution in [0.3, 0.4) is 0 Å². The van der Waals surface area contributed by atoms with Crippen molar-refractivity contribution in [2.45, 2.75) is 40.3 Å². The minimum Gasteiger partial charge on any atom is -0.378 e. The predicted octanol–water partition coefficient (Wildman–Crippen LogP) is 4.79. The summed E-state index contributed by atoms with van der Waals surface area (Å²) in [5.41, 5.74) is 7.63. The van der Waals surface area contributed by atoms with Crippen molar-refractivity contribution in [3.63, 3.8) is 0 Å². The van der Waals surface area contributed by atoms with Gasteiger partial charge in [0.05, 0.1) is 24.9 Å².